The average molecular weight is 248 g/mol. The van der Waals surface area contributed by atoms with Gasteiger partial charge in [0.25, 0.3) is 5.91 Å². The van der Waals surface area contributed by atoms with Gasteiger partial charge in [0.1, 0.15) is 0 Å². The fourth-order valence-corrected chi connectivity index (χ4v) is 1.98. The van der Waals surface area contributed by atoms with E-state index in [9.17, 15) is 4.79 Å². The van der Waals surface area contributed by atoms with Crippen LogP contribution in [0.2, 0.25) is 0 Å². The molecule has 2 aromatic rings. The summed E-state index contributed by atoms with van der Waals surface area (Å²) in [5.74, 6) is -0.524. The van der Waals surface area contributed by atoms with Crippen LogP contribution in [0.15, 0.2) is 29.9 Å². The highest BCUT2D eigenvalue weighted by Crippen LogP contribution is 2.23. The fraction of sp³-hybridized carbons (Fsp3) is 0.0909. The van der Waals surface area contributed by atoms with E-state index < -0.39 is 5.91 Å². The van der Waals surface area contributed by atoms with Crippen LogP contribution < -0.4 is 16.8 Å². The zero-order valence-electron chi connectivity index (χ0n) is 9.01. The molecular formula is C11H12N4OS. The van der Waals surface area contributed by atoms with Gasteiger partial charge in [-0.2, -0.15) is 0 Å². The van der Waals surface area contributed by atoms with Gasteiger partial charge in [-0.25, -0.2) is 0 Å². The number of benzene rings is 1. The summed E-state index contributed by atoms with van der Waals surface area (Å²) in [5, 5.41) is 3.15. The lowest BCUT2D eigenvalue weighted by Gasteiger charge is -2.10. The van der Waals surface area contributed by atoms with E-state index in [1.807, 2.05) is 6.07 Å². The van der Waals surface area contributed by atoms with Crippen molar-refractivity contribution in [2.24, 2.45) is 5.73 Å². The molecule has 1 aromatic heterocycles. The number of rotatable bonds is 4. The van der Waals surface area contributed by atoms with Crippen LogP contribution in [0, 0.1) is 0 Å². The van der Waals surface area contributed by atoms with Gasteiger partial charge in [-0.15, -0.1) is 11.3 Å². The van der Waals surface area contributed by atoms with Gasteiger partial charge in [-0.3, -0.25) is 9.78 Å². The van der Waals surface area contributed by atoms with Crippen molar-refractivity contribution in [2.45, 2.75) is 6.54 Å². The molecule has 0 aliphatic carbocycles. The molecule has 1 heterocycles. The predicted octanol–water partition coefficient (Wildman–Crippen LogP) is 1.44. The quantitative estimate of drug-likeness (QED) is 0.713. The summed E-state index contributed by atoms with van der Waals surface area (Å²) >= 11 is 1.55. The molecule has 1 amide bonds. The summed E-state index contributed by atoms with van der Waals surface area (Å²) in [6.07, 6.45) is 1.78. The Morgan fingerprint density at radius 2 is 2.29 bits per heavy atom. The van der Waals surface area contributed by atoms with E-state index in [-0.39, 0.29) is 0 Å². The highest BCUT2D eigenvalue weighted by molar-refractivity contribution is 7.09. The molecule has 5 nitrogen and oxygen atoms in total. The number of nitrogens with zero attached hydrogens (tertiary/aromatic N) is 1. The Hall–Kier alpha value is -2.08. The Bertz CT molecular complexity index is 524. The monoisotopic (exact) mass is 248 g/mol. The molecule has 0 atom stereocenters. The van der Waals surface area contributed by atoms with E-state index in [0.717, 1.165) is 4.88 Å². The summed E-state index contributed by atoms with van der Waals surface area (Å²) in [4.78, 5) is 16.2. The Balaban J connectivity index is 2.16. The molecule has 0 radical (unpaired) electrons. The molecule has 0 saturated heterocycles. The number of amides is 1. The van der Waals surface area contributed by atoms with Crippen LogP contribution in [-0.4, -0.2) is 10.9 Å². The number of thiazole rings is 1. The number of hydrogen-bond donors (Lipinski definition) is 3. The Morgan fingerprint density at radius 1 is 1.47 bits per heavy atom. The van der Waals surface area contributed by atoms with Crippen LogP contribution in [0.4, 0.5) is 11.4 Å². The molecule has 1 aromatic carbocycles. The molecular weight excluding hydrogens is 236 g/mol. The van der Waals surface area contributed by atoms with Crippen LogP contribution in [0.1, 0.15) is 15.2 Å². The number of para-hydroxylation sites is 1. The number of nitrogens with one attached hydrogen (secondary N) is 1. The summed E-state index contributed by atoms with van der Waals surface area (Å²) in [7, 11) is 0. The number of nitrogens with two attached hydrogens (primary N) is 2. The molecule has 5 N–H and O–H groups in total. The largest absolute Gasteiger partial charge is 0.396 e. The zero-order valence-corrected chi connectivity index (χ0v) is 9.83. The van der Waals surface area contributed by atoms with Gasteiger partial charge in [0, 0.05) is 11.1 Å². The molecule has 0 unspecified atom stereocenters. The molecule has 2 rings (SSSR count). The van der Waals surface area contributed by atoms with Crippen molar-refractivity contribution in [1.29, 1.82) is 0 Å². The van der Waals surface area contributed by atoms with Crippen molar-refractivity contribution in [3.05, 3.63) is 40.3 Å². The molecule has 0 aliphatic heterocycles. The number of primary amides is 1. The lowest BCUT2D eigenvalue weighted by molar-refractivity contribution is 0.100. The first-order chi connectivity index (χ1) is 8.18. The first kappa shape index (κ1) is 11.4. The van der Waals surface area contributed by atoms with E-state index in [0.29, 0.717) is 23.5 Å². The van der Waals surface area contributed by atoms with Crippen LogP contribution in [0.25, 0.3) is 0 Å². The molecule has 6 heteroatoms. The van der Waals surface area contributed by atoms with Gasteiger partial charge in [0.05, 0.1) is 29.0 Å². The molecule has 0 saturated carbocycles. The minimum absolute atomic E-state index is 0.333. The van der Waals surface area contributed by atoms with Crippen molar-refractivity contribution in [3.8, 4) is 0 Å². The predicted molar refractivity (Wildman–Crippen MR) is 68.8 cm³/mol. The zero-order chi connectivity index (χ0) is 12.3. The maximum absolute atomic E-state index is 11.1. The minimum atomic E-state index is -0.524. The molecule has 0 bridgehead atoms. The van der Waals surface area contributed by atoms with Crippen LogP contribution in [0.5, 0.6) is 0 Å². The summed E-state index contributed by atoms with van der Waals surface area (Å²) in [6.45, 7) is 0.622. The standard InChI is InChI=1S/C11H12N4OS/c12-10-8(11(13)16)2-1-3-9(10)15-5-7-4-14-6-17-7/h1-4,6,15H,5,12H2,(H2,13,16). The number of aromatic nitrogens is 1. The first-order valence-electron chi connectivity index (χ1n) is 4.98. The number of carbonyl (C=O) groups is 1. The van der Waals surface area contributed by atoms with Crippen molar-refractivity contribution < 1.29 is 4.79 Å². The van der Waals surface area contributed by atoms with E-state index in [4.69, 9.17) is 11.5 Å². The summed E-state index contributed by atoms with van der Waals surface area (Å²) in [5.41, 5.74) is 14.2. The smallest absolute Gasteiger partial charge is 0.250 e. The van der Waals surface area contributed by atoms with E-state index >= 15 is 0 Å². The van der Waals surface area contributed by atoms with E-state index in [1.54, 1.807) is 35.2 Å². The number of carbonyl (C=O) groups excluding carboxylic acids is 1. The Morgan fingerprint density at radius 3 is 2.94 bits per heavy atom. The second-order valence-corrected chi connectivity index (χ2v) is 4.42. The lowest BCUT2D eigenvalue weighted by Crippen LogP contribution is -2.14. The normalized spacial score (nSPS) is 10.1. The maximum Gasteiger partial charge on any atom is 0.250 e. The van der Waals surface area contributed by atoms with Crippen molar-refractivity contribution in [1.82, 2.24) is 4.98 Å². The van der Waals surface area contributed by atoms with Gasteiger partial charge in [0.15, 0.2) is 0 Å². The van der Waals surface area contributed by atoms with E-state index in [1.165, 1.54) is 0 Å². The number of anilines is 2. The lowest BCUT2D eigenvalue weighted by atomic mass is 10.1. The van der Waals surface area contributed by atoms with Crippen molar-refractivity contribution in [2.75, 3.05) is 11.1 Å². The highest BCUT2D eigenvalue weighted by Gasteiger charge is 2.09. The van der Waals surface area contributed by atoms with Crippen molar-refractivity contribution in [3.63, 3.8) is 0 Å². The highest BCUT2D eigenvalue weighted by atomic mass is 32.1. The average Bonchev–Trinajstić information content (AvgIpc) is 2.80. The van der Waals surface area contributed by atoms with Gasteiger partial charge < -0.3 is 16.8 Å². The van der Waals surface area contributed by atoms with Gasteiger partial charge in [0.2, 0.25) is 0 Å². The van der Waals surface area contributed by atoms with Crippen LogP contribution in [-0.2, 0) is 6.54 Å². The van der Waals surface area contributed by atoms with Gasteiger partial charge in [-0.1, -0.05) is 6.07 Å². The molecule has 0 fully saturated rings. The fourth-order valence-electron chi connectivity index (χ4n) is 1.45. The summed E-state index contributed by atoms with van der Waals surface area (Å²) < 4.78 is 0. The second kappa shape index (κ2) is 4.84. The first-order valence-corrected chi connectivity index (χ1v) is 5.86. The maximum atomic E-state index is 11.1. The van der Waals surface area contributed by atoms with Gasteiger partial charge >= 0.3 is 0 Å². The third-order valence-corrected chi connectivity index (χ3v) is 3.09. The number of nitrogen functional groups attached to an aromatic ring is 1. The Labute approximate surface area is 102 Å². The topological polar surface area (TPSA) is 94.0 Å². The second-order valence-electron chi connectivity index (χ2n) is 3.45. The molecule has 17 heavy (non-hydrogen) atoms. The SMILES string of the molecule is NC(=O)c1cccc(NCc2cncs2)c1N. The van der Waals surface area contributed by atoms with Crippen LogP contribution >= 0.6 is 11.3 Å². The third-order valence-electron chi connectivity index (χ3n) is 2.31. The molecule has 0 spiro atoms. The Kier molecular flexibility index (Phi) is 3.24. The summed E-state index contributed by atoms with van der Waals surface area (Å²) in [6, 6.07) is 5.16. The van der Waals surface area contributed by atoms with Crippen molar-refractivity contribution >= 4 is 28.6 Å². The van der Waals surface area contributed by atoms with Gasteiger partial charge in [-0.05, 0) is 12.1 Å². The molecule has 88 valence electrons. The third kappa shape index (κ3) is 2.54. The number of hydrogen-bond acceptors (Lipinski definition) is 5. The van der Waals surface area contributed by atoms with E-state index in [2.05, 4.69) is 10.3 Å². The molecule has 0 aliphatic rings. The van der Waals surface area contributed by atoms with Crippen LogP contribution in [0.3, 0.4) is 0 Å². The minimum Gasteiger partial charge on any atom is -0.396 e.